The van der Waals surface area contributed by atoms with E-state index in [2.05, 4.69) is 28.2 Å². The molecular formula is C14H19BrFNS2. The molecule has 1 aromatic carbocycles. The Balaban J connectivity index is 2.08. The molecule has 2 rings (SSSR count). The molecule has 0 radical (unpaired) electrons. The van der Waals surface area contributed by atoms with Gasteiger partial charge >= 0.3 is 0 Å². The van der Waals surface area contributed by atoms with E-state index in [0.717, 1.165) is 23.0 Å². The van der Waals surface area contributed by atoms with Crippen LogP contribution in [0.1, 0.15) is 12.5 Å². The number of rotatable bonds is 5. The molecule has 0 aliphatic carbocycles. The molecule has 19 heavy (non-hydrogen) atoms. The molecule has 0 aromatic heterocycles. The minimum absolute atomic E-state index is 0.154. The fraction of sp³-hybridized carbons (Fsp3) is 0.571. The third-order valence-corrected chi connectivity index (χ3v) is 6.90. The highest BCUT2D eigenvalue weighted by atomic mass is 79.9. The van der Waals surface area contributed by atoms with E-state index in [1.165, 1.54) is 23.3 Å². The van der Waals surface area contributed by atoms with Gasteiger partial charge < -0.3 is 5.32 Å². The average Bonchev–Trinajstić information content (AvgIpc) is 2.43. The van der Waals surface area contributed by atoms with Crippen LogP contribution in [0.5, 0.6) is 0 Å². The van der Waals surface area contributed by atoms with Crippen molar-refractivity contribution in [3.63, 3.8) is 0 Å². The van der Waals surface area contributed by atoms with Gasteiger partial charge in [-0.05, 0) is 36.7 Å². The van der Waals surface area contributed by atoms with Gasteiger partial charge in [-0.2, -0.15) is 23.5 Å². The number of benzene rings is 1. The van der Waals surface area contributed by atoms with Crippen LogP contribution in [-0.4, -0.2) is 35.1 Å². The predicted molar refractivity (Wildman–Crippen MR) is 88.8 cm³/mol. The molecule has 1 fully saturated rings. The fourth-order valence-electron chi connectivity index (χ4n) is 2.27. The van der Waals surface area contributed by atoms with Crippen LogP contribution in [0.2, 0.25) is 0 Å². The van der Waals surface area contributed by atoms with E-state index in [-0.39, 0.29) is 5.82 Å². The SMILES string of the molecule is CCNC(Cc1cc(F)ccc1Br)C1CSCCS1. The van der Waals surface area contributed by atoms with Gasteiger partial charge in [0.25, 0.3) is 0 Å². The van der Waals surface area contributed by atoms with Gasteiger partial charge in [-0.3, -0.25) is 0 Å². The second kappa shape index (κ2) is 7.91. The van der Waals surface area contributed by atoms with Crippen molar-refractivity contribution in [1.29, 1.82) is 0 Å². The summed E-state index contributed by atoms with van der Waals surface area (Å²) in [5.74, 6) is 3.51. The van der Waals surface area contributed by atoms with Gasteiger partial charge in [-0.15, -0.1) is 0 Å². The largest absolute Gasteiger partial charge is 0.313 e. The Morgan fingerprint density at radius 1 is 1.47 bits per heavy atom. The second-order valence-corrected chi connectivity index (χ2v) is 7.94. The van der Waals surface area contributed by atoms with Gasteiger partial charge in [0, 0.05) is 33.0 Å². The molecule has 0 bridgehead atoms. The molecule has 2 unspecified atom stereocenters. The zero-order valence-electron chi connectivity index (χ0n) is 11.0. The summed E-state index contributed by atoms with van der Waals surface area (Å²) in [4.78, 5) is 0. The number of nitrogens with one attached hydrogen (secondary N) is 1. The number of thioether (sulfide) groups is 2. The third kappa shape index (κ3) is 4.66. The van der Waals surface area contributed by atoms with Crippen molar-refractivity contribution in [3.05, 3.63) is 34.1 Å². The molecule has 0 amide bonds. The van der Waals surface area contributed by atoms with E-state index in [9.17, 15) is 4.39 Å². The van der Waals surface area contributed by atoms with Crippen molar-refractivity contribution in [3.8, 4) is 0 Å². The quantitative estimate of drug-likeness (QED) is 0.850. The summed E-state index contributed by atoms with van der Waals surface area (Å²) in [5, 5.41) is 4.19. The molecule has 1 aliphatic heterocycles. The maximum atomic E-state index is 13.4. The Morgan fingerprint density at radius 2 is 2.32 bits per heavy atom. The van der Waals surface area contributed by atoms with E-state index < -0.39 is 0 Å². The lowest BCUT2D eigenvalue weighted by Gasteiger charge is -2.30. The molecule has 0 spiro atoms. The molecule has 2 atom stereocenters. The molecule has 1 aromatic rings. The Kier molecular flexibility index (Phi) is 6.53. The van der Waals surface area contributed by atoms with Gasteiger partial charge in [0.15, 0.2) is 0 Å². The Bertz CT molecular complexity index is 410. The highest BCUT2D eigenvalue weighted by Gasteiger charge is 2.24. The Hall–Kier alpha value is 0.290. The lowest BCUT2D eigenvalue weighted by atomic mass is 10.0. The van der Waals surface area contributed by atoms with Crippen molar-refractivity contribution in [2.24, 2.45) is 0 Å². The standard InChI is InChI=1S/C14H19BrFNS2/c1-2-17-13(14-9-18-5-6-19-14)8-10-7-11(16)3-4-12(10)15/h3-4,7,13-14,17H,2,5-6,8-9H2,1H3. The fourth-order valence-corrected chi connectivity index (χ4v) is 5.57. The lowest BCUT2D eigenvalue weighted by molar-refractivity contribution is 0.519. The first-order chi connectivity index (χ1) is 9.20. The van der Waals surface area contributed by atoms with Crippen LogP contribution in [0.4, 0.5) is 4.39 Å². The molecule has 1 nitrogen and oxygen atoms in total. The third-order valence-electron chi connectivity index (χ3n) is 3.20. The van der Waals surface area contributed by atoms with Crippen molar-refractivity contribution in [1.82, 2.24) is 5.32 Å². The molecule has 1 N–H and O–H groups in total. The smallest absolute Gasteiger partial charge is 0.123 e. The Labute approximate surface area is 131 Å². The Morgan fingerprint density at radius 3 is 3.00 bits per heavy atom. The highest BCUT2D eigenvalue weighted by Crippen LogP contribution is 2.29. The molecular weight excluding hydrogens is 345 g/mol. The molecule has 106 valence electrons. The lowest BCUT2D eigenvalue weighted by Crippen LogP contribution is -2.42. The van der Waals surface area contributed by atoms with Crippen LogP contribution in [0.25, 0.3) is 0 Å². The van der Waals surface area contributed by atoms with E-state index >= 15 is 0 Å². The maximum Gasteiger partial charge on any atom is 0.123 e. The summed E-state index contributed by atoms with van der Waals surface area (Å²) >= 11 is 7.60. The van der Waals surface area contributed by atoms with Crippen LogP contribution < -0.4 is 5.32 Å². The zero-order valence-corrected chi connectivity index (χ0v) is 14.2. The van der Waals surface area contributed by atoms with Crippen LogP contribution >= 0.6 is 39.5 Å². The van der Waals surface area contributed by atoms with Crippen LogP contribution in [0, 0.1) is 5.82 Å². The summed E-state index contributed by atoms with van der Waals surface area (Å²) in [5.41, 5.74) is 1.06. The van der Waals surface area contributed by atoms with E-state index in [1.54, 1.807) is 12.1 Å². The molecule has 5 heteroatoms. The van der Waals surface area contributed by atoms with Gasteiger partial charge in [0.05, 0.1) is 0 Å². The highest BCUT2D eigenvalue weighted by molar-refractivity contribution is 9.10. The maximum absolute atomic E-state index is 13.4. The average molecular weight is 364 g/mol. The number of hydrogen-bond acceptors (Lipinski definition) is 3. The molecule has 1 heterocycles. The van der Waals surface area contributed by atoms with Crippen molar-refractivity contribution >= 4 is 39.5 Å². The van der Waals surface area contributed by atoms with Crippen molar-refractivity contribution in [2.45, 2.75) is 24.6 Å². The van der Waals surface area contributed by atoms with Gasteiger partial charge in [-0.25, -0.2) is 4.39 Å². The summed E-state index contributed by atoms with van der Waals surface area (Å²) in [6, 6.07) is 5.37. The van der Waals surface area contributed by atoms with Crippen LogP contribution in [0.3, 0.4) is 0 Å². The number of likely N-dealkylation sites (N-methyl/N-ethyl adjacent to an activating group) is 1. The van der Waals surface area contributed by atoms with Gasteiger partial charge in [0.1, 0.15) is 5.82 Å². The summed E-state index contributed by atoms with van der Waals surface area (Å²) in [6.45, 7) is 3.09. The minimum atomic E-state index is -0.154. The zero-order chi connectivity index (χ0) is 13.7. The topological polar surface area (TPSA) is 12.0 Å². The van der Waals surface area contributed by atoms with Crippen molar-refractivity contribution < 1.29 is 4.39 Å². The van der Waals surface area contributed by atoms with E-state index in [4.69, 9.17) is 0 Å². The molecule has 1 saturated heterocycles. The van der Waals surface area contributed by atoms with Gasteiger partial charge in [0.2, 0.25) is 0 Å². The van der Waals surface area contributed by atoms with Crippen molar-refractivity contribution in [2.75, 3.05) is 23.8 Å². The molecule has 1 aliphatic rings. The summed E-state index contributed by atoms with van der Waals surface area (Å²) in [7, 11) is 0. The summed E-state index contributed by atoms with van der Waals surface area (Å²) < 4.78 is 14.4. The minimum Gasteiger partial charge on any atom is -0.313 e. The van der Waals surface area contributed by atoms with E-state index in [1.807, 2.05) is 23.5 Å². The first kappa shape index (κ1) is 15.7. The predicted octanol–water partition coefficient (Wildman–Crippen LogP) is 3.96. The number of hydrogen-bond donors (Lipinski definition) is 1. The van der Waals surface area contributed by atoms with E-state index in [0.29, 0.717) is 11.3 Å². The monoisotopic (exact) mass is 363 g/mol. The van der Waals surface area contributed by atoms with Crippen LogP contribution in [-0.2, 0) is 6.42 Å². The normalized spacial score (nSPS) is 21.3. The first-order valence-corrected chi connectivity index (χ1v) is 9.57. The van der Waals surface area contributed by atoms with Crippen LogP contribution in [0.15, 0.2) is 22.7 Å². The second-order valence-electron chi connectivity index (χ2n) is 4.59. The first-order valence-electron chi connectivity index (χ1n) is 6.57. The molecule has 0 saturated carbocycles. The summed E-state index contributed by atoms with van der Waals surface area (Å²) in [6.07, 6.45) is 0.879. The van der Waals surface area contributed by atoms with Gasteiger partial charge in [-0.1, -0.05) is 22.9 Å². The number of halogens is 2.